The number of nitrogens with zero attached hydrogens (tertiary/aromatic N) is 4. The van der Waals surface area contributed by atoms with E-state index in [9.17, 15) is 0 Å². The lowest BCUT2D eigenvalue weighted by Gasteiger charge is -2.49. The van der Waals surface area contributed by atoms with Gasteiger partial charge in [-0.3, -0.25) is 9.34 Å². The molecule has 1 aliphatic rings. The monoisotopic (exact) mass is 388 g/mol. The number of likely N-dealkylation sites (N-methyl/N-ethyl adjacent to an activating group) is 4. The molecule has 0 N–H and O–H groups in total. The first-order chi connectivity index (χ1) is 11.5. The smallest absolute Gasteiger partial charge is 0.0481 e. The SMILES string of the molecule is CN(C)CCN(C)P(C1CCCCC1[Si](C)(C)C)N(C)CCN(C)C. The van der Waals surface area contributed by atoms with Gasteiger partial charge in [-0.1, -0.05) is 38.9 Å². The summed E-state index contributed by atoms with van der Waals surface area (Å²) in [5.74, 6) is 0. The van der Waals surface area contributed by atoms with Gasteiger partial charge in [0.05, 0.1) is 0 Å². The molecule has 0 aromatic rings. The Hall–Kier alpha value is 0.487. The zero-order valence-corrected chi connectivity index (χ0v) is 20.4. The Labute approximate surface area is 160 Å². The third-order valence-electron chi connectivity index (χ3n) is 5.58. The van der Waals surface area contributed by atoms with Crippen molar-refractivity contribution < 1.29 is 0 Å². The maximum absolute atomic E-state index is 2.72. The first-order valence-electron chi connectivity index (χ1n) is 10.0. The molecule has 0 heterocycles. The summed E-state index contributed by atoms with van der Waals surface area (Å²) in [7, 11) is 12.2. The average Bonchev–Trinajstić information content (AvgIpc) is 2.50. The van der Waals surface area contributed by atoms with Crippen LogP contribution < -0.4 is 0 Å². The zero-order valence-electron chi connectivity index (χ0n) is 18.5. The van der Waals surface area contributed by atoms with Crippen molar-refractivity contribution in [3.63, 3.8) is 0 Å². The Bertz CT molecular complexity index is 355. The fourth-order valence-corrected chi connectivity index (χ4v) is 11.2. The van der Waals surface area contributed by atoms with Crippen LogP contribution in [-0.4, -0.2) is 101 Å². The van der Waals surface area contributed by atoms with E-state index in [1.54, 1.807) is 0 Å². The maximum Gasteiger partial charge on any atom is 0.0481 e. The molecule has 0 aromatic carbocycles. The number of hydrogen-bond donors (Lipinski definition) is 0. The van der Waals surface area contributed by atoms with Crippen molar-refractivity contribution in [1.82, 2.24) is 19.1 Å². The largest absolute Gasteiger partial charge is 0.308 e. The van der Waals surface area contributed by atoms with Gasteiger partial charge in [0, 0.05) is 48.1 Å². The van der Waals surface area contributed by atoms with E-state index in [1.807, 2.05) is 0 Å². The lowest BCUT2D eigenvalue weighted by atomic mass is 9.99. The van der Waals surface area contributed by atoms with E-state index >= 15 is 0 Å². The van der Waals surface area contributed by atoms with E-state index in [-0.39, 0.29) is 8.22 Å². The molecule has 0 saturated heterocycles. The van der Waals surface area contributed by atoms with Crippen molar-refractivity contribution in [3.8, 4) is 0 Å². The molecule has 0 spiro atoms. The highest BCUT2D eigenvalue weighted by Crippen LogP contribution is 2.58. The van der Waals surface area contributed by atoms with E-state index in [0.717, 1.165) is 24.3 Å². The molecular formula is C19H45N4PSi. The van der Waals surface area contributed by atoms with Crippen LogP contribution in [0, 0.1) is 0 Å². The molecule has 150 valence electrons. The second kappa shape index (κ2) is 10.7. The van der Waals surface area contributed by atoms with Crippen LogP contribution in [0.3, 0.4) is 0 Å². The van der Waals surface area contributed by atoms with Crippen molar-refractivity contribution in [2.45, 2.75) is 56.5 Å². The Morgan fingerprint density at radius 2 is 1.16 bits per heavy atom. The number of rotatable bonds is 10. The third kappa shape index (κ3) is 7.94. The molecule has 2 atom stereocenters. The normalized spacial score (nSPS) is 22.8. The van der Waals surface area contributed by atoms with Crippen molar-refractivity contribution in [3.05, 3.63) is 0 Å². The minimum absolute atomic E-state index is 0.218. The zero-order chi connectivity index (χ0) is 19.2. The van der Waals surface area contributed by atoms with Gasteiger partial charge in [-0.15, -0.1) is 0 Å². The van der Waals surface area contributed by atoms with Gasteiger partial charge >= 0.3 is 0 Å². The van der Waals surface area contributed by atoms with E-state index in [2.05, 4.69) is 81.1 Å². The average molecular weight is 389 g/mol. The molecule has 1 aliphatic carbocycles. The Morgan fingerprint density at radius 1 is 0.720 bits per heavy atom. The van der Waals surface area contributed by atoms with E-state index in [1.165, 1.54) is 38.8 Å². The van der Waals surface area contributed by atoms with Gasteiger partial charge in [-0.2, -0.15) is 0 Å². The lowest BCUT2D eigenvalue weighted by molar-refractivity contribution is 0.333. The molecule has 0 aromatic heterocycles. The molecule has 1 rings (SSSR count). The van der Waals surface area contributed by atoms with Crippen molar-refractivity contribution in [2.24, 2.45) is 0 Å². The summed E-state index contributed by atoms with van der Waals surface area (Å²) >= 11 is 0. The van der Waals surface area contributed by atoms with Crippen LogP contribution in [0.25, 0.3) is 0 Å². The Morgan fingerprint density at radius 3 is 1.56 bits per heavy atom. The highest BCUT2D eigenvalue weighted by atomic mass is 31.1. The molecule has 2 unspecified atom stereocenters. The van der Waals surface area contributed by atoms with Gasteiger partial charge in [0.25, 0.3) is 0 Å². The second-order valence-corrected chi connectivity index (χ2v) is 17.7. The molecule has 1 saturated carbocycles. The summed E-state index contributed by atoms with van der Waals surface area (Å²) < 4.78 is 5.43. The van der Waals surface area contributed by atoms with Gasteiger partial charge < -0.3 is 9.80 Å². The van der Waals surface area contributed by atoms with Crippen LogP contribution in [0.15, 0.2) is 0 Å². The molecule has 1 fully saturated rings. The van der Waals surface area contributed by atoms with Gasteiger partial charge in [0.1, 0.15) is 0 Å². The quantitative estimate of drug-likeness (QED) is 0.415. The highest BCUT2D eigenvalue weighted by Gasteiger charge is 2.42. The van der Waals surface area contributed by atoms with Crippen molar-refractivity contribution in [1.29, 1.82) is 0 Å². The van der Waals surface area contributed by atoms with Crippen LogP contribution in [0.1, 0.15) is 25.7 Å². The van der Waals surface area contributed by atoms with Crippen LogP contribution in [-0.2, 0) is 0 Å². The summed E-state index contributed by atoms with van der Waals surface area (Å²) in [6.07, 6.45) is 5.81. The van der Waals surface area contributed by atoms with Crippen LogP contribution in [0.5, 0.6) is 0 Å². The van der Waals surface area contributed by atoms with Gasteiger partial charge in [0.2, 0.25) is 0 Å². The van der Waals surface area contributed by atoms with E-state index in [0.29, 0.717) is 0 Å². The summed E-state index contributed by atoms with van der Waals surface area (Å²) in [6.45, 7) is 12.5. The maximum atomic E-state index is 2.72. The second-order valence-electron chi connectivity index (χ2n) is 9.51. The fourth-order valence-electron chi connectivity index (χ4n) is 4.06. The Balaban J connectivity index is 2.97. The molecule has 0 amide bonds. The lowest BCUT2D eigenvalue weighted by Crippen LogP contribution is -2.43. The molecule has 25 heavy (non-hydrogen) atoms. The molecule has 6 heteroatoms. The predicted octanol–water partition coefficient (Wildman–Crippen LogP) is 3.94. The van der Waals surface area contributed by atoms with Crippen LogP contribution in [0.4, 0.5) is 0 Å². The summed E-state index contributed by atoms with van der Waals surface area (Å²) in [6, 6.07) is 0. The highest BCUT2D eigenvalue weighted by molar-refractivity contribution is 7.53. The molecule has 0 bridgehead atoms. The van der Waals surface area contributed by atoms with Crippen LogP contribution >= 0.6 is 8.22 Å². The molecule has 0 aliphatic heterocycles. The molecule has 4 nitrogen and oxygen atoms in total. The summed E-state index contributed by atoms with van der Waals surface area (Å²) in [4.78, 5) is 4.64. The third-order valence-corrected chi connectivity index (χ3v) is 11.8. The standard InChI is InChI=1S/C19H45N4PSi/c1-20(2)14-16-22(5)24(23(6)17-15-21(3)4)18-12-10-11-13-19(18)25(7,8)9/h18-19H,10-17H2,1-9H3. The van der Waals surface area contributed by atoms with Gasteiger partial charge in [0.15, 0.2) is 0 Å². The van der Waals surface area contributed by atoms with Crippen molar-refractivity contribution >= 4 is 16.3 Å². The minimum atomic E-state index is -1.12. The first-order valence-corrected chi connectivity index (χ1v) is 14.9. The van der Waals surface area contributed by atoms with Gasteiger partial charge in [-0.25, -0.2) is 0 Å². The topological polar surface area (TPSA) is 13.0 Å². The van der Waals surface area contributed by atoms with Crippen LogP contribution in [0.2, 0.25) is 25.2 Å². The molecular weight excluding hydrogens is 343 g/mol. The van der Waals surface area contributed by atoms with E-state index < -0.39 is 8.07 Å². The minimum Gasteiger partial charge on any atom is -0.308 e. The first kappa shape index (κ1) is 23.5. The van der Waals surface area contributed by atoms with Gasteiger partial charge in [-0.05, 0) is 54.2 Å². The fraction of sp³-hybridized carbons (Fsp3) is 1.00. The van der Waals surface area contributed by atoms with Crippen molar-refractivity contribution in [2.75, 3.05) is 68.5 Å². The summed E-state index contributed by atoms with van der Waals surface area (Å²) in [5, 5.41) is 0. The Kier molecular flexibility index (Phi) is 10.1. The predicted molar refractivity (Wildman–Crippen MR) is 119 cm³/mol. The van der Waals surface area contributed by atoms with E-state index in [4.69, 9.17) is 0 Å². The molecule has 0 radical (unpaired) electrons. The number of hydrogen-bond acceptors (Lipinski definition) is 4. The summed E-state index contributed by atoms with van der Waals surface area (Å²) in [5.41, 5.74) is 1.88.